The Morgan fingerprint density at radius 2 is 1.93 bits per heavy atom. The van der Waals surface area contributed by atoms with Gasteiger partial charge in [-0.2, -0.15) is 5.10 Å². The van der Waals surface area contributed by atoms with Crippen LogP contribution in [-0.4, -0.2) is 21.3 Å². The van der Waals surface area contributed by atoms with Crippen LogP contribution in [0, 0.1) is 0 Å². The second-order valence-electron chi connectivity index (χ2n) is 2.72. The minimum absolute atomic E-state index is 0.632. The Morgan fingerprint density at radius 1 is 1.20 bits per heavy atom. The Bertz CT molecular complexity index is 478. The summed E-state index contributed by atoms with van der Waals surface area (Å²) in [5.41, 5.74) is 1.01. The van der Waals surface area contributed by atoms with E-state index in [-0.39, 0.29) is 0 Å². The van der Waals surface area contributed by atoms with Crippen LogP contribution in [0.2, 0.25) is 0 Å². The van der Waals surface area contributed by atoms with Crippen molar-refractivity contribution in [3.05, 3.63) is 45.1 Å². The predicted octanol–water partition coefficient (Wildman–Crippen LogP) is 2.69. The van der Waals surface area contributed by atoms with E-state index in [9.17, 15) is 0 Å². The lowest BCUT2D eigenvalue weighted by Gasteiger charge is -1.92. The van der Waals surface area contributed by atoms with Crippen molar-refractivity contribution >= 4 is 38.1 Å². The number of halogens is 2. The van der Waals surface area contributed by atoms with Crippen molar-refractivity contribution in [2.45, 2.75) is 0 Å². The Morgan fingerprint density at radius 3 is 2.53 bits per heavy atom. The Labute approximate surface area is 103 Å². The highest BCUT2D eigenvalue weighted by Crippen LogP contribution is 2.18. The largest absolute Gasteiger partial charge is 0.165 e. The number of benzene rings is 1. The van der Waals surface area contributed by atoms with Crippen molar-refractivity contribution in [2.75, 3.05) is 0 Å². The van der Waals surface area contributed by atoms with Crippen molar-refractivity contribution in [1.29, 1.82) is 0 Å². The topological polar surface area (TPSA) is 43.1 Å². The highest BCUT2D eigenvalue weighted by molar-refractivity contribution is 9.13. The molecule has 0 aliphatic rings. The van der Waals surface area contributed by atoms with Gasteiger partial charge in [0, 0.05) is 0 Å². The van der Waals surface area contributed by atoms with Crippen LogP contribution < -0.4 is 0 Å². The molecule has 1 heterocycles. The van der Waals surface area contributed by atoms with Gasteiger partial charge in [-0.25, -0.2) is 0 Å². The summed E-state index contributed by atoms with van der Waals surface area (Å²) in [6.45, 7) is 0. The molecule has 0 saturated carbocycles. The van der Waals surface area contributed by atoms with Gasteiger partial charge < -0.3 is 0 Å². The van der Waals surface area contributed by atoms with Gasteiger partial charge in [0.05, 0.1) is 6.21 Å². The molecule has 0 aliphatic heterocycles. The van der Waals surface area contributed by atoms with E-state index in [4.69, 9.17) is 0 Å². The van der Waals surface area contributed by atoms with Gasteiger partial charge in [0.2, 0.25) is 0 Å². The Hall–Kier alpha value is -1.01. The molecular formula is C9H6Br2N4. The summed E-state index contributed by atoms with van der Waals surface area (Å²) in [6, 6.07) is 9.79. The van der Waals surface area contributed by atoms with Gasteiger partial charge in [-0.15, -0.1) is 9.89 Å². The number of hydrogen-bond donors (Lipinski definition) is 0. The second-order valence-corrected chi connectivity index (χ2v) is 4.22. The number of rotatable bonds is 2. The van der Waals surface area contributed by atoms with Crippen LogP contribution in [0.15, 0.2) is 44.6 Å². The van der Waals surface area contributed by atoms with Crippen LogP contribution in [0.1, 0.15) is 5.56 Å². The van der Waals surface area contributed by atoms with Gasteiger partial charge in [0.15, 0.2) is 9.21 Å². The lowest BCUT2D eigenvalue weighted by molar-refractivity contribution is 0.684. The fraction of sp³-hybridized carbons (Fsp3) is 0. The highest BCUT2D eigenvalue weighted by Gasteiger charge is 2.04. The highest BCUT2D eigenvalue weighted by atomic mass is 79.9. The van der Waals surface area contributed by atoms with E-state index in [2.05, 4.69) is 47.3 Å². The first-order chi connectivity index (χ1) is 7.27. The summed E-state index contributed by atoms with van der Waals surface area (Å²) < 4.78 is 1.32. The fourth-order valence-electron chi connectivity index (χ4n) is 0.979. The summed E-state index contributed by atoms with van der Waals surface area (Å²) in [5, 5.41) is 11.7. The average molecular weight is 330 g/mol. The molecule has 15 heavy (non-hydrogen) atoms. The lowest BCUT2D eigenvalue weighted by atomic mass is 10.2. The first kappa shape index (κ1) is 10.5. The van der Waals surface area contributed by atoms with Crippen LogP contribution in [-0.2, 0) is 0 Å². The molecule has 0 aliphatic carbocycles. The van der Waals surface area contributed by atoms with Crippen molar-refractivity contribution in [3.63, 3.8) is 0 Å². The molecule has 0 fully saturated rings. The zero-order valence-corrected chi connectivity index (χ0v) is 10.7. The van der Waals surface area contributed by atoms with Crippen LogP contribution in [0.5, 0.6) is 0 Å². The molecule has 0 radical (unpaired) electrons. The van der Waals surface area contributed by atoms with E-state index in [1.165, 1.54) is 4.79 Å². The molecule has 76 valence electrons. The maximum Gasteiger partial charge on any atom is 0.165 e. The number of aromatic nitrogens is 3. The summed E-state index contributed by atoms with van der Waals surface area (Å²) in [7, 11) is 0. The van der Waals surface area contributed by atoms with E-state index >= 15 is 0 Å². The monoisotopic (exact) mass is 328 g/mol. The lowest BCUT2D eigenvalue weighted by Crippen LogP contribution is -1.93. The molecule has 0 saturated heterocycles. The smallest absolute Gasteiger partial charge is 0.156 e. The van der Waals surface area contributed by atoms with E-state index in [1.807, 2.05) is 30.3 Å². The molecule has 0 N–H and O–H groups in total. The van der Waals surface area contributed by atoms with Gasteiger partial charge in [0.25, 0.3) is 0 Å². The van der Waals surface area contributed by atoms with E-state index in [0.717, 1.165) is 5.56 Å². The minimum atomic E-state index is 0.632. The van der Waals surface area contributed by atoms with Crippen LogP contribution in [0.25, 0.3) is 0 Å². The quantitative estimate of drug-likeness (QED) is 0.795. The molecule has 0 atom stereocenters. The average Bonchev–Trinajstić information content (AvgIpc) is 2.59. The Kier molecular flexibility index (Phi) is 3.27. The molecule has 1 aromatic carbocycles. The first-order valence-corrected chi connectivity index (χ1v) is 5.72. The third kappa shape index (κ3) is 2.51. The zero-order valence-electron chi connectivity index (χ0n) is 7.51. The van der Waals surface area contributed by atoms with Gasteiger partial charge >= 0.3 is 0 Å². The number of hydrogen-bond acceptors (Lipinski definition) is 3. The van der Waals surface area contributed by atoms with Crippen molar-refractivity contribution in [2.24, 2.45) is 5.10 Å². The summed E-state index contributed by atoms with van der Waals surface area (Å²) in [5.74, 6) is 0. The molecule has 2 aromatic rings. The maximum absolute atomic E-state index is 4.14. The molecule has 4 nitrogen and oxygen atoms in total. The van der Waals surface area contributed by atoms with Crippen LogP contribution in [0.3, 0.4) is 0 Å². The molecule has 0 spiro atoms. The number of nitrogens with zero attached hydrogens (tertiary/aromatic N) is 4. The molecule has 0 amide bonds. The predicted molar refractivity (Wildman–Crippen MR) is 64.9 cm³/mol. The first-order valence-electron chi connectivity index (χ1n) is 4.13. The van der Waals surface area contributed by atoms with Gasteiger partial charge in [-0.05, 0) is 42.6 Å². The Balaban J connectivity index is 2.23. The minimum Gasteiger partial charge on any atom is -0.156 e. The van der Waals surface area contributed by atoms with Gasteiger partial charge in [-0.1, -0.05) is 30.3 Å². The second kappa shape index (κ2) is 4.67. The molecule has 0 unspecified atom stereocenters. The molecular weight excluding hydrogens is 324 g/mol. The SMILES string of the molecule is Brc1nnn(/N=C/c2ccccc2)c1Br. The van der Waals surface area contributed by atoms with Crippen molar-refractivity contribution in [3.8, 4) is 0 Å². The fourth-order valence-corrected chi connectivity index (χ4v) is 1.45. The molecule has 6 heteroatoms. The van der Waals surface area contributed by atoms with Crippen LogP contribution >= 0.6 is 31.9 Å². The summed E-state index contributed by atoms with van der Waals surface area (Å²) in [4.78, 5) is 1.40. The molecule has 2 rings (SSSR count). The maximum atomic E-state index is 4.14. The van der Waals surface area contributed by atoms with Crippen LogP contribution in [0.4, 0.5) is 0 Å². The van der Waals surface area contributed by atoms with Crippen molar-refractivity contribution < 1.29 is 0 Å². The molecule has 0 bridgehead atoms. The standard InChI is InChI=1S/C9H6Br2N4/c10-8-9(11)15(14-13-8)12-6-7-4-2-1-3-5-7/h1-6H/b12-6+. The molecule has 1 aromatic heterocycles. The van der Waals surface area contributed by atoms with E-state index in [0.29, 0.717) is 9.21 Å². The normalized spacial score (nSPS) is 11.1. The third-order valence-electron chi connectivity index (χ3n) is 1.68. The summed E-state index contributed by atoms with van der Waals surface area (Å²) in [6.07, 6.45) is 1.71. The van der Waals surface area contributed by atoms with Gasteiger partial charge in [-0.3, -0.25) is 0 Å². The van der Waals surface area contributed by atoms with E-state index < -0.39 is 0 Å². The van der Waals surface area contributed by atoms with E-state index in [1.54, 1.807) is 6.21 Å². The summed E-state index contributed by atoms with van der Waals surface area (Å²) >= 11 is 6.53. The zero-order chi connectivity index (χ0) is 10.7. The van der Waals surface area contributed by atoms with Crippen molar-refractivity contribution in [1.82, 2.24) is 15.1 Å². The van der Waals surface area contributed by atoms with Gasteiger partial charge in [0.1, 0.15) is 0 Å². The third-order valence-corrected chi connectivity index (χ3v) is 3.44.